The van der Waals surface area contributed by atoms with Gasteiger partial charge in [-0.2, -0.15) is 0 Å². The van der Waals surface area contributed by atoms with Crippen LogP contribution in [0.4, 0.5) is 5.69 Å². The van der Waals surface area contributed by atoms with Crippen LogP contribution in [0.3, 0.4) is 0 Å². The van der Waals surface area contributed by atoms with Gasteiger partial charge in [-0.25, -0.2) is 0 Å². The molecule has 5 nitrogen and oxygen atoms in total. The van der Waals surface area contributed by atoms with Crippen molar-refractivity contribution >= 4 is 17.5 Å². The summed E-state index contributed by atoms with van der Waals surface area (Å²) in [6.07, 6.45) is 2.43. The summed E-state index contributed by atoms with van der Waals surface area (Å²) in [4.78, 5) is 26.1. The Balaban J connectivity index is 2.01. The molecule has 0 spiro atoms. The lowest BCUT2D eigenvalue weighted by molar-refractivity contribution is -0.116. The SMILES string of the molecule is CCCCC(=O)Nc1cccc(C(=O)N2CCOC(C)C2)c1. The third kappa shape index (κ3) is 4.56. The minimum absolute atomic E-state index is 0.00792. The average Bonchev–Trinajstić information content (AvgIpc) is 2.52. The number of carbonyl (C=O) groups excluding carboxylic acids is 2. The van der Waals surface area contributed by atoms with Gasteiger partial charge < -0.3 is 15.0 Å². The summed E-state index contributed by atoms with van der Waals surface area (Å²) in [5.41, 5.74) is 1.27. The van der Waals surface area contributed by atoms with E-state index >= 15 is 0 Å². The van der Waals surface area contributed by atoms with Crippen molar-refractivity contribution in [2.75, 3.05) is 25.0 Å². The number of morpholine rings is 1. The fraction of sp³-hybridized carbons (Fsp3) is 0.529. The summed E-state index contributed by atoms with van der Waals surface area (Å²) >= 11 is 0. The van der Waals surface area contributed by atoms with Crippen molar-refractivity contribution < 1.29 is 14.3 Å². The van der Waals surface area contributed by atoms with E-state index in [1.807, 2.05) is 13.0 Å². The van der Waals surface area contributed by atoms with Crippen LogP contribution in [0.25, 0.3) is 0 Å². The molecule has 0 aliphatic carbocycles. The highest BCUT2D eigenvalue weighted by Crippen LogP contribution is 2.15. The first-order valence-electron chi connectivity index (χ1n) is 7.91. The number of benzene rings is 1. The number of hydrogen-bond acceptors (Lipinski definition) is 3. The first-order chi connectivity index (χ1) is 10.6. The van der Waals surface area contributed by atoms with Crippen molar-refractivity contribution in [2.24, 2.45) is 0 Å². The van der Waals surface area contributed by atoms with Crippen molar-refractivity contribution in [3.05, 3.63) is 29.8 Å². The Morgan fingerprint density at radius 1 is 1.41 bits per heavy atom. The zero-order chi connectivity index (χ0) is 15.9. The van der Waals surface area contributed by atoms with Crippen molar-refractivity contribution in [2.45, 2.75) is 39.2 Å². The van der Waals surface area contributed by atoms with Crippen LogP contribution in [0.1, 0.15) is 43.5 Å². The number of nitrogens with zero attached hydrogens (tertiary/aromatic N) is 1. The summed E-state index contributed by atoms with van der Waals surface area (Å²) in [7, 11) is 0. The molecule has 0 aromatic heterocycles. The molecule has 2 amide bonds. The Hall–Kier alpha value is -1.88. The Labute approximate surface area is 131 Å². The molecule has 2 rings (SSSR count). The number of ether oxygens (including phenoxy) is 1. The van der Waals surface area contributed by atoms with Crippen LogP contribution >= 0.6 is 0 Å². The highest BCUT2D eigenvalue weighted by molar-refractivity contribution is 5.97. The van der Waals surface area contributed by atoms with Gasteiger partial charge in [0.2, 0.25) is 5.91 Å². The van der Waals surface area contributed by atoms with E-state index in [2.05, 4.69) is 12.2 Å². The monoisotopic (exact) mass is 304 g/mol. The lowest BCUT2D eigenvalue weighted by Gasteiger charge is -2.31. The van der Waals surface area contributed by atoms with Crippen LogP contribution in [0.5, 0.6) is 0 Å². The molecule has 1 fully saturated rings. The summed E-state index contributed by atoms with van der Waals surface area (Å²) in [6.45, 7) is 5.79. The highest BCUT2D eigenvalue weighted by Gasteiger charge is 2.22. The fourth-order valence-corrected chi connectivity index (χ4v) is 2.48. The average molecular weight is 304 g/mol. The number of nitrogens with one attached hydrogen (secondary N) is 1. The summed E-state index contributed by atoms with van der Waals surface area (Å²) in [6, 6.07) is 7.13. The minimum atomic E-state index is -0.0141. The van der Waals surface area contributed by atoms with Gasteiger partial charge in [0, 0.05) is 30.8 Å². The molecule has 1 unspecified atom stereocenters. The van der Waals surface area contributed by atoms with Crippen LogP contribution in [-0.2, 0) is 9.53 Å². The number of anilines is 1. The molecular weight excluding hydrogens is 280 g/mol. The third-order valence-electron chi connectivity index (χ3n) is 3.68. The van der Waals surface area contributed by atoms with E-state index in [1.165, 1.54) is 0 Å². The van der Waals surface area contributed by atoms with Crippen LogP contribution in [0.2, 0.25) is 0 Å². The van der Waals surface area contributed by atoms with Gasteiger partial charge in [-0.15, -0.1) is 0 Å². The maximum Gasteiger partial charge on any atom is 0.254 e. The number of hydrogen-bond donors (Lipinski definition) is 1. The van der Waals surface area contributed by atoms with Crippen LogP contribution in [0.15, 0.2) is 24.3 Å². The molecule has 0 bridgehead atoms. The molecule has 120 valence electrons. The van der Waals surface area contributed by atoms with Gasteiger partial charge in [-0.05, 0) is 31.5 Å². The van der Waals surface area contributed by atoms with Gasteiger partial charge in [-0.1, -0.05) is 19.4 Å². The molecule has 1 aromatic rings. The molecule has 1 N–H and O–H groups in total. The van der Waals surface area contributed by atoms with Gasteiger partial charge in [-0.3, -0.25) is 9.59 Å². The molecule has 0 saturated carbocycles. The Kier molecular flexibility index (Phi) is 5.95. The number of rotatable bonds is 5. The summed E-state index contributed by atoms with van der Waals surface area (Å²) in [5.74, 6) is -0.0220. The Morgan fingerprint density at radius 3 is 2.95 bits per heavy atom. The lowest BCUT2D eigenvalue weighted by atomic mass is 10.1. The van der Waals surface area contributed by atoms with Gasteiger partial charge in [0.05, 0.1) is 12.7 Å². The number of unbranched alkanes of at least 4 members (excludes halogenated alkanes) is 1. The van der Waals surface area contributed by atoms with E-state index in [0.29, 0.717) is 37.4 Å². The van der Waals surface area contributed by atoms with E-state index in [0.717, 1.165) is 12.8 Å². The molecule has 0 radical (unpaired) electrons. The molecule has 1 atom stereocenters. The van der Waals surface area contributed by atoms with Crippen molar-refractivity contribution in [3.63, 3.8) is 0 Å². The quantitative estimate of drug-likeness (QED) is 0.910. The van der Waals surface area contributed by atoms with Crippen molar-refractivity contribution in [1.82, 2.24) is 4.90 Å². The van der Waals surface area contributed by atoms with Crippen LogP contribution < -0.4 is 5.32 Å². The number of amides is 2. The molecular formula is C17H24N2O3. The highest BCUT2D eigenvalue weighted by atomic mass is 16.5. The largest absolute Gasteiger partial charge is 0.375 e. The van der Waals surface area contributed by atoms with Gasteiger partial charge in [0.15, 0.2) is 0 Å². The maximum atomic E-state index is 12.5. The Morgan fingerprint density at radius 2 is 2.23 bits per heavy atom. The van der Waals surface area contributed by atoms with Crippen molar-refractivity contribution in [3.8, 4) is 0 Å². The van der Waals surface area contributed by atoms with E-state index in [9.17, 15) is 9.59 Å². The van der Waals surface area contributed by atoms with E-state index < -0.39 is 0 Å². The molecule has 1 aliphatic rings. The van der Waals surface area contributed by atoms with E-state index in [4.69, 9.17) is 4.74 Å². The maximum absolute atomic E-state index is 12.5. The van der Waals surface area contributed by atoms with Crippen molar-refractivity contribution in [1.29, 1.82) is 0 Å². The predicted molar refractivity (Wildman–Crippen MR) is 85.9 cm³/mol. The predicted octanol–water partition coefficient (Wildman–Crippen LogP) is 2.68. The molecule has 1 saturated heterocycles. The minimum Gasteiger partial charge on any atom is -0.375 e. The Bertz CT molecular complexity index is 530. The second-order valence-corrected chi connectivity index (χ2v) is 5.67. The van der Waals surface area contributed by atoms with E-state index in [-0.39, 0.29) is 17.9 Å². The molecule has 22 heavy (non-hydrogen) atoms. The second kappa shape index (κ2) is 7.94. The normalized spacial score (nSPS) is 18.1. The summed E-state index contributed by atoms with van der Waals surface area (Å²) < 4.78 is 5.46. The smallest absolute Gasteiger partial charge is 0.254 e. The third-order valence-corrected chi connectivity index (χ3v) is 3.68. The van der Waals surface area contributed by atoms with Gasteiger partial charge >= 0.3 is 0 Å². The van der Waals surface area contributed by atoms with Crippen LogP contribution in [-0.4, -0.2) is 42.5 Å². The lowest BCUT2D eigenvalue weighted by Crippen LogP contribution is -2.44. The first-order valence-corrected chi connectivity index (χ1v) is 7.91. The first kappa shape index (κ1) is 16.5. The van der Waals surface area contributed by atoms with Gasteiger partial charge in [0.25, 0.3) is 5.91 Å². The van der Waals surface area contributed by atoms with Crippen LogP contribution in [0, 0.1) is 0 Å². The molecule has 1 aliphatic heterocycles. The van der Waals surface area contributed by atoms with Gasteiger partial charge in [0.1, 0.15) is 0 Å². The zero-order valence-electron chi connectivity index (χ0n) is 13.3. The summed E-state index contributed by atoms with van der Waals surface area (Å²) in [5, 5.41) is 2.85. The zero-order valence-corrected chi connectivity index (χ0v) is 13.3. The number of carbonyl (C=O) groups is 2. The topological polar surface area (TPSA) is 58.6 Å². The molecule has 1 heterocycles. The standard InChI is InChI=1S/C17H24N2O3/c1-3-4-8-16(20)18-15-7-5-6-14(11-15)17(21)19-9-10-22-13(2)12-19/h5-7,11,13H,3-4,8-10,12H2,1-2H3,(H,18,20). The fourth-order valence-electron chi connectivity index (χ4n) is 2.48. The molecule has 1 aromatic carbocycles. The molecule has 5 heteroatoms. The van der Waals surface area contributed by atoms with E-state index in [1.54, 1.807) is 23.1 Å². The second-order valence-electron chi connectivity index (χ2n) is 5.67.